The van der Waals surface area contributed by atoms with Gasteiger partial charge in [-0.25, -0.2) is 0 Å². The summed E-state index contributed by atoms with van der Waals surface area (Å²) in [5.41, 5.74) is 0. The summed E-state index contributed by atoms with van der Waals surface area (Å²) in [6.07, 6.45) is 2.03. The van der Waals surface area contributed by atoms with Gasteiger partial charge in [0.05, 0.1) is 19.4 Å². The number of carbonyl (C=O) groups excluding carboxylic acids is 1. The molecule has 0 amide bonds. The van der Waals surface area contributed by atoms with Crippen LogP contribution in [0.4, 0.5) is 0 Å². The molecule has 1 saturated heterocycles. The van der Waals surface area contributed by atoms with E-state index in [-0.39, 0.29) is 12.0 Å². The average Bonchev–Trinajstić information content (AvgIpc) is 2.64. The fraction of sp³-hybridized carbons (Fsp3) is 0.909. The highest BCUT2D eigenvalue weighted by Gasteiger charge is 2.48. The van der Waals surface area contributed by atoms with E-state index in [0.717, 1.165) is 25.7 Å². The minimum absolute atomic E-state index is 0.0844. The lowest BCUT2D eigenvalue weighted by atomic mass is 10.2. The van der Waals surface area contributed by atoms with Crippen molar-refractivity contribution in [1.29, 1.82) is 0 Å². The zero-order chi connectivity index (χ0) is 12.2. The quantitative estimate of drug-likeness (QED) is 0.593. The van der Waals surface area contributed by atoms with Crippen LogP contribution in [0.3, 0.4) is 0 Å². The molecule has 1 aliphatic heterocycles. The van der Waals surface area contributed by atoms with Gasteiger partial charge in [0, 0.05) is 19.5 Å². The third-order valence-corrected chi connectivity index (χ3v) is 7.02. The highest BCUT2D eigenvalue weighted by Crippen LogP contribution is 2.58. The first kappa shape index (κ1) is 13.9. The van der Waals surface area contributed by atoms with Crippen LogP contribution in [-0.2, 0) is 9.53 Å². The van der Waals surface area contributed by atoms with Crippen molar-refractivity contribution >= 4 is 13.5 Å². The Hall–Kier alpha value is -0.180. The fourth-order valence-electron chi connectivity index (χ4n) is 2.33. The number of carbonyl (C=O) groups is 1. The molecule has 1 rings (SSSR count). The molecular weight excluding hydrogens is 223 g/mol. The molecule has 0 radical (unpaired) electrons. The van der Waals surface area contributed by atoms with Gasteiger partial charge in [0.1, 0.15) is 13.6 Å². The topological polar surface area (TPSA) is 41.6 Å². The van der Waals surface area contributed by atoms with Crippen molar-refractivity contribution in [2.45, 2.75) is 33.2 Å². The summed E-state index contributed by atoms with van der Waals surface area (Å²) in [6.45, 7) is 11.0. The smallest absolute Gasteiger partial charge is 0.326 e. The lowest BCUT2D eigenvalue weighted by Crippen LogP contribution is -2.36. The summed E-state index contributed by atoms with van der Waals surface area (Å²) in [4.78, 5) is 11.6. The second kappa shape index (κ2) is 5.95. The van der Waals surface area contributed by atoms with E-state index >= 15 is 0 Å². The fourth-order valence-corrected chi connectivity index (χ4v) is 5.82. The molecule has 16 heavy (non-hydrogen) atoms. The summed E-state index contributed by atoms with van der Waals surface area (Å²) >= 11 is 0. The molecule has 1 aliphatic rings. The molecular formula is C11H24N2O2P+. The summed E-state index contributed by atoms with van der Waals surface area (Å²) in [5.74, 6) is -0.0848. The van der Waals surface area contributed by atoms with E-state index in [0.29, 0.717) is 6.61 Å². The number of rotatable bonds is 5. The largest absolute Gasteiger partial charge is 0.465 e. The number of esters is 1. The van der Waals surface area contributed by atoms with E-state index in [1.807, 2.05) is 6.92 Å². The van der Waals surface area contributed by atoms with Crippen molar-refractivity contribution in [1.82, 2.24) is 9.76 Å². The third kappa shape index (κ3) is 2.93. The molecule has 2 atom stereocenters. The van der Waals surface area contributed by atoms with Gasteiger partial charge >= 0.3 is 5.97 Å². The molecule has 5 heteroatoms. The van der Waals surface area contributed by atoms with Crippen molar-refractivity contribution in [3.05, 3.63) is 0 Å². The van der Waals surface area contributed by atoms with Crippen LogP contribution in [-0.4, -0.2) is 49.2 Å². The molecule has 1 N–H and O–H groups in total. The molecule has 0 aromatic rings. The molecule has 0 aliphatic carbocycles. The molecule has 1 heterocycles. The predicted molar refractivity (Wildman–Crippen MR) is 68.8 cm³/mol. The first-order valence-electron chi connectivity index (χ1n) is 6.12. The van der Waals surface area contributed by atoms with Crippen LogP contribution in [0.15, 0.2) is 0 Å². The van der Waals surface area contributed by atoms with Gasteiger partial charge in [-0.1, -0.05) is 0 Å². The van der Waals surface area contributed by atoms with Crippen molar-refractivity contribution in [2.24, 2.45) is 0 Å². The summed E-state index contributed by atoms with van der Waals surface area (Å²) in [5, 5.41) is 3.52. The van der Waals surface area contributed by atoms with Crippen molar-refractivity contribution in [2.75, 3.05) is 32.5 Å². The highest BCUT2D eigenvalue weighted by atomic mass is 31.2. The van der Waals surface area contributed by atoms with Gasteiger partial charge in [0.2, 0.25) is 0 Å². The van der Waals surface area contributed by atoms with Crippen LogP contribution in [0.5, 0.6) is 0 Å². The van der Waals surface area contributed by atoms with Gasteiger partial charge in [-0.05, 0) is 20.8 Å². The molecule has 0 bridgehead atoms. The molecule has 2 unspecified atom stereocenters. The van der Waals surface area contributed by atoms with Gasteiger partial charge in [-0.2, -0.15) is 9.76 Å². The maximum Gasteiger partial charge on any atom is 0.326 e. The maximum absolute atomic E-state index is 11.6. The highest BCUT2D eigenvalue weighted by molar-refractivity contribution is 7.71. The Morgan fingerprint density at radius 1 is 1.44 bits per heavy atom. The van der Waals surface area contributed by atoms with Crippen LogP contribution >= 0.6 is 7.56 Å². The van der Waals surface area contributed by atoms with Gasteiger partial charge in [0.25, 0.3) is 0 Å². The van der Waals surface area contributed by atoms with E-state index in [4.69, 9.17) is 4.74 Å². The summed E-state index contributed by atoms with van der Waals surface area (Å²) in [6, 6.07) is -0.0844. The van der Waals surface area contributed by atoms with Crippen LogP contribution in [0, 0.1) is 0 Å². The van der Waals surface area contributed by atoms with Crippen LogP contribution in [0.1, 0.15) is 27.2 Å². The molecule has 0 aromatic carbocycles. The number of nitrogens with one attached hydrogen (secondary N) is 1. The minimum atomic E-state index is -1.28. The van der Waals surface area contributed by atoms with Crippen LogP contribution in [0.2, 0.25) is 0 Å². The van der Waals surface area contributed by atoms with Gasteiger partial charge < -0.3 is 4.74 Å². The normalized spacial score (nSPS) is 29.7. The summed E-state index contributed by atoms with van der Waals surface area (Å²) in [7, 11) is -1.28. The second-order valence-electron chi connectivity index (χ2n) is 4.22. The number of hydrogen-bond donors (Lipinski definition) is 1. The van der Waals surface area contributed by atoms with Crippen LogP contribution < -0.4 is 5.09 Å². The van der Waals surface area contributed by atoms with E-state index < -0.39 is 7.56 Å². The molecule has 0 spiro atoms. The zero-order valence-corrected chi connectivity index (χ0v) is 11.7. The standard InChI is InChI=1S/C11H24N2O2P/c1-5-13(6-2)16(4)9-8-10(12-16)11(14)15-7-3/h10,12H,5-9H2,1-4H3/q+1. The number of hydrogen-bond acceptors (Lipinski definition) is 4. The predicted octanol–water partition coefficient (Wildman–Crippen LogP) is 1.73. The zero-order valence-electron chi connectivity index (χ0n) is 10.8. The second-order valence-corrected chi connectivity index (χ2v) is 7.77. The Kier molecular flexibility index (Phi) is 5.16. The lowest BCUT2D eigenvalue weighted by molar-refractivity contribution is -0.144. The molecule has 0 saturated carbocycles. The van der Waals surface area contributed by atoms with E-state index in [9.17, 15) is 4.79 Å². The Balaban J connectivity index is 2.59. The molecule has 4 nitrogen and oxygen atoms in total. The first-order valence-corrected chi connectivity index (χ1v) is 8.50. The Labute approximate surface area is 99.2 Å². The third-order valence-electron chi connectivity index (χ3n) is 3.21. The minimum Gasteiger partial charge on any atom is -0.465 e. The van der Waals surface area contributed by atoms with E-state index in [1.165, 1.54) is 0 Å². The van der Waals surface area contributed by atoms with Crippen molar-refractivity contribution in [3.8, 4) is 0 Å². The van der Waals surface area contributed by atoms with E-state index in [1.54, 1.807) is 0 Å². The first-order chi connectivity index (χ1) is 7.57. The Morgan fingerprint density at radius 3 is 2.56 bits per heavy atom. The number of nitrogens with zero attached hydrogens (tertiary/aromatic N) is 1. The Morgan fingerprint density at radius 2 is 2.06 bits per heavy atom. The molecule has 0 aromatic heterocycles. The summed E-state index contributed by atoms with van der Waals surface area (Å²) < 4.78 is 7.53. The average molecular weight is 247 g/mol. The van der Waals surface area contributed by atoms with Gasteiger partial charge in [0.15, 0.2) is 0 Å². The monoisotopic (exact) mass is 247 g/mol. The Bertz CT molecular complexity index is 246. The van der Waals surface area contributed by atoms with Crippen molar-refractivity contribution in [3.63, 3.8) is 0 Å². The van der Waals surface area contributed by atoms with Crippen molar-refractivity contribution < 1.29 is 9.53 Å². The van der Waals surface area contributed by atoms with E-state index in [2.05, 4.69) is 30.3 Å². The molecule has 1 fully saturated rings. The maximum atomic E-state index is 11.6. The van der Waals surface area contributed by atoms with Crippen LogP contribution in [0.25, 0.3) is 0 Å². The van der Waals surface area contributed by atoms with Gasteiger partial charge in [-0.3, -0.25) is 4.79 Å². The number of ether oxygens (including phenoxy) is 1. The SMILES string of the molecule is CCOC(=O)C1CC[P+](C)(N(CC)CC)N1. The van der Waals surface area contributed by atoms with Gasteiger partial charge in [-0.15, -0.1) is 0 Å². The lowest BCUT2D eigenvalue weighted by Gasteiger charge is -2.28. The molecule has 94 valence electrons.